The molecule has 0 N–H and O–H groups in total. The second-order valence-electron chi connectivity index (χ2n) is 8.06. The molecule has 10 heteroatoms. The van der Waals surface area contributed by atoms with Crippen LogP contribution in [0.2, 0.25) is 0 Å². The zero-order chi connectivity index (χ0) is 24.9. The molecule has 1 atom stereocenters. The van der Waals surface area contributed by atoms with E-state index in [-0.39, 0.29) is 39.5 Å². The van der Waals surface area contributed by atoms with E-state index in [0.717, 1.165) is 12.5 Å². The molecule has 0 saturated carbocycles. The molecule has 178 valence electrons. The molecular formula is C25H18F4N4OS. The van der Waals surface area contributed by atoms with Crippen LogP contribution in [0.3, 0.4) is 0 Å². The van der Waals surface area contributed by atoms with Crippen molar-refractivity contribution in [2.24, 2.45) is 0 Å². The lowest BCUT2D eigenvalue weighted by atomic mass is 9.95. The van der Waals surface area contributed by atoms with E-state index in [9.17, 15) is 13.2 Å². The molecule has 0 aliphatic carbocycles. The molecule has 0 spiro atoms. The summed E-state index contributed by atoms with van der Waals surface area (Å²) in [5, 5.41) is 1.25. The fraction of sp³-hybridized carbons (Fsp3) is 0.240. The van der Waals surface area contributed by atoms with Crippen molar-refractivity contribution in [1.82, 2.24) is 15.0 Å². The van der Waals surface area contributed by atoms with Gasteiger partial charge in [-0.05, 0) is 43.2 Å². The predicted molar refractivity (Wildman–Crippen MR) is 128 cm³/mol. The number of alkyl halides is 2. The first-order chi connectivity index (χ1) is 16.8. The van der Waals surface area contributed by atoms with Crippen molar-refractivity contribution >= 4 is 39.3 Å². The lowest BCUT2D eigenvalue weighted by Gasteiger charge is -2.40. The molecule has 0 unspecified atom stereocenters. The molecule has 2 aromatic carbocycles. The number of rotatable bonds is 5. The Morgan fingerprint density at radius 1 is 1.23 bits per heavy atom. The summed E-state index contributed by atoms with van der Waals surface area (Å²) >= 11 is 1.25. The number of hydrogen-bond donors (Lipinski definition) is 0. The molecule has 5 nitrogen and oxygen atoms in total. The van der Waals surface area contributed by atoms with Gasteiger partial charge in [-0.2, -0.15) is 8.78 Å². The van der Waals surface area contributed by atoms with Gasteiger partial charge in [0.25, 0.3) is 0 Å². The second kappa shape index (κ2) is 8.89. The lowest BCUT2D eigenvalue weighted by Crippen LogP contribution is -2.46. The van der Waals surface area contributed by atoms with E-state index < -0.39 is 18.2 Å². The quantitative estimate of drug-likeness (QED) is 0.145. The molecule has 1 aliphatic rings. The van der Waals surface area contributed by atoms with Gasteiger partial charge < -0.3 is 9.64 Å². The number of anilines is 1. The molecule has 1 fully saturated rings. The molecular weight excluding hydrogens is 480 g/mol. The molecule has 0 radical (unpaired) electrons. The van der Waals surface area contributed by atoms with Crippen molar-refractivity contribution in [3.8, 4) is 29.4 Å². The first kappa shape index (κ1) is 23.2. The zero-order valence-electron chi connectivity index (χ0n) is 18.7. The maximum atomic E-state index is 16.1. The van der Waals surface area contributed by atoms with E-state index in [1.165, 1.54) is 36.2 Å². The number of pyridine rings is 1. The van der Waals surface area contributed by atoms with E-state index in [1.807, 2.05) is 11.8 Å². The van der Waals surface area contributed by atoms with Crippen LogP contribution >= 0.6 is 11.8 Å². The summed E-state index contributed by atoms with van der Waals surface area (Å²) in [4.78, 5) is 15.2. The highest BCUT2D eigenvalue weighted by atomic mass is 32.2. The van der Waals surface area contributed by atoms with Gasteiger partial charge in [0.15, 0.2) is 11.0 Å². The second-order valence-corrected chi connectivity index (χ2v) is 8.84. The third-order valence-electron chi connectivity index (χ3n) is 6.08. The van der Waals surface area contributed by atoms with Gasteiger partial charge >= 0.3 is 6.61 Å². The Labute approximate surface area is 202 Å². The Bertz CT molecular complexity index is 1520. The summed E-state index contributed by atoms with van der Waals surface area (Å²) in [6.07, 6.45) is 9.80. The molecule has 5 rings (SSSR count). The number of thioether (sulfide) groups is 1. The number of nitrogens with zero attached hydrogens (tertiary/aromatic N) is 4. The van der Waals surface area contributed by atoms with Crippen molar-refractivity contribution in [1.29, 1.82) is 0 Å². The Morgan fingerprint density at radius 3 is 2.66 bits per heavy atom. The number of fused-ring (bicyclic) bond motifs is 2. The van der Waals surface area contributed by atoms with Crippen LogP contribution in [0.1, 0.15) is 18.9 Å². The van der Waals surface area contributed by atoms with Crippen molar-refractivity contribution in [2.45, 2.75) is 31.2 Å². The van der Waals surface area contributed by atoms with Crippen LogP contribution in [0.25, 0.3) is 32.9 Å². The number of terminal acetylenes is 1. The zero-order valence-corrected chi connectivity index (χ0v) is 19.5. The van der Waals surface area contributed by atoms with E-state index in [1.54, 1.807) is 6.26 Å². The average molecular weight is 499 g/mol. The fourth-order valence-corrected chi connectivity index (χ4v) is 4.60. The minimum absolute atomic E-state index is 0.0236. The molecule has 1 saturated heterocycles. The first-order valence-electron chi connectivity index (χ1n) is 10.7. The molecule has 4 aromatic rings. The maximum absolute atomic E-state index is 16.1. The van der Waals surface area contributed by atoms with E-state index >= 15 is 4.39 Å². The standard InChI is InChI=1S/C25H18F4N4OS/c1-4-15-18(26)6-5-13-9-14(34-24(28)29)10-16(19(13)15)21-20(27)22-17(11-30-25(32-22)35-3)23(31-21)33-8-7-12(33)2/h1,5-6,9-12,24H,7-8H2,2-3H3/t12-/m0/s1. The SMILES string of the molecule is C#Cc1c(F)ccc2cc(OC(F)F)cc(-c3nc(N4CC[C@@H]4C)c4cnc(SC)nc4c3F)c12. The Kier molecular flexibility index (Phi) is 5.89. The Balaban J connectivity index is 1.90. The highest BCUT2D eigenvalue weighted by Gasteiger charge is 2.30. The molecule has 2 aromatic heterocycles. The number of benzene rings is 2. The highest BCUT2D eigenvalue weighted by Crippen LogP contribution is 2.41. The largest absolute Gasteiger partial charge is 0.435 e. The first-order valence-corrected chi connectivity index (χ1v) is 11.9. The summed E-state index contributed by atoms with van der Waals surface area (Å²) in [5.41, 5.74) is -0.267. The topological polar surface area (TPSA) is 51.1 Å². The van der Waals surface area contributed by atoms with Gasteiger partial charge in [0, 0.05) is 29.7 Å². The molecule has 1 aliphatic heterocycles. The van der Waals surface area contributed by atoms with E-state index in [0.29, 0.717) is 28.3 Å². The van der Waals surface area contributed by atoms with Gasteiger partial charge in [-0.3, -0.25) is 0 Å². The smallest absolute Gasteiger partial charge is 0.387 e. The number of halogens is 4. The van der Waals surface area contributed by atoms with Crippen LogP contribution in [-0.2, 0) is 0 Å². The summed E-state index contributed by atoms with van der Waals surface area (Å²) in [6.45, 7) is -0.412. The van der Waals surface area contributed by atoms with Crippen molar-refractivity contribution in [3.05, 3.63) is 47.7 Å². The third-order valence-corrected chi connectivity index (χ3v) is 6.64. The van der Waals surface area contributed by atoms with Crippen molar-refractivity contribution < 1.29 is 22.3 Å². The van der Waals surface area contributed by atoms with Gasteiger partial charge in [0.05, 0.1) is 10.9 Å². The van der Waals surface area contributed by atoms with E-state index in [2.05, 4.69) is 25.6 Å². The van der Waals surface area contributed by atoms with Crippen LogP contribution < -0.4 is 9.64 Å². The van der Waals surface area contributed by atoms with E-state index in [4.69, 9.17) is 6.42 Å². The average Bonchev–Trinajstić information content (AvgIpc) is 2.83. The molecule has 0 bridgehead atoms. The summed E-state index contributed by atoms with van der Waals surface area (Å²) in [6, 6.07) is 5.15. The predicted octanol–water partition coefficient (Wildman–Crippen LogP) is 6.03. The summed E-state index contributed by atoms with van der Waals surface area (Å²) in [5.74, 6) is 1.02. The summed E-state index contributed by atoms with van der Waals surface area (Å²) in [7, 11) is 0. The molecule has 35 heavy (non-hydrogen) atoms. The van der Waals surface area contributed by atoms with Gasteiger partial charge in [-0.1, -0.05) is 23.7 Å². The van der Waals surface area contributed by atoms with Crippen molar-refractivity contribution in [2.75, 3.05) is 17.7 Å². The molecule has 3 heterocycles. The Hall–Kier alpha value is -3.58. The minimum Gasteiger partial charge on any atom is -0.435 e. The number of ether oxygens (including phenoxy) is 1. The minimum atomic E-state index is -3.11. The van der Waals surface area contributed by atoms with Gasteiger partial charge in [-0.15, -0.1) is 6.42 Å². The normalized spacial score (nSPS) is 15.5. The number of aromatic nitrogens is 3. The van der Waals surface area contributed by atoms with Crippen LogP contribution in [0.4, 0.5) is 23.4 Å². The maximum Gasteiger partial charge on any atom is 0.387 e. The van der Waals surface area contributed by atoms with Gasteiger partial charge in [0.2, 0.25) is 0 Å². The van der Waals surface area contributed by atoms with Gasteiger partial charge in [0.1, 0.15) is 28.6 Å². The number of hydrogen-bond acceptors (Lipinski definition) is 6. The monoisotopic (exact) mass is 498 g/mol. The molecule has 0 amide bonds. The van der Waals surface area contributed by atoms with Crippen LogP contribution in [0.15, 0.2) is 35.6 Å². The van der Waals surface area contributed by atoms with Gasteiger partial charge in [-0.25, -0.2) is 23.7 Å². The summed E-state index contributed by atoms with van der Waals surface area (Å²) < 4.78 is 61.5. The Morgan fingerprint density at radius 2 is 2.03 bits per heavy atom. The third kappa shape index (κ3) is 3.90. The fourth-order valence-electron chi connectivity index (χ4n) is 4.26. The lowest BCUT2D eigenvalue weighted by molar-refractivity contribution is -0.0497. The van der Waals surface area contributed by atoms with Crippen LogP contribution in [-0.4, -0.2) is 40.4 Å². The van der Waals surface area contributed by atoms with Crippen LogP contribution in [0, 0.1) is 24.0 Å². The van der Waals surface area contributed by atoms with Crippen molar-refractivity contribution in [3.63, 3.8) is 0 Å². The van der Waals surface area contributed by atoms with Crippen LogP contribution in [0.5, 0.6) is 5.75 Å². The highest BCUT2D eigenvalue weighted by molar-refractivity contribution is 7.98.